The molecule has 0 saturated carbocycles. The third-order valence-corrected chi connectivity index (χ3v) is 3.10. The highest BCUT2D eigenvalue weighted by Gasteiger charge is 1.95. The number of thiazole rings is 1. The van der Waals surface area contributed by atoms with Crippen LogP contribution in [0.2, 0.25) is 0 Å². The fourth-order valence-electron chi connectivity index (χ4n) is 1.64. The Morgan fingerprint density at radius 1 is 1.38 bits per heavy atom. The SMILES string of the molecule is Cc1cccc(CCNCc2cscn2)c1. The minimum atomic E-state index is 0.870. The highest BCUT2D eigenvalue weighted by molar-refractivity contribution is 7.07. The fourth-order valence-corrected chi connectivity index (χ4v) is 2.20. The van der Waals surface area contributed by atoms with E-state index in [1.807, 2.05) is 5.51 Å². The lowest BCUT2D eigenvalue weighted by Crippen LogP contribution is -2.16. The van der Waals surface area contributed by atoms with Crippen molar-refractivity contribution in [1.82, 2.24) is 10.3 Å². The molecule has 16 heavy (non-hydrogen) atoms. The maximum atomic E-state index is 4.23. The van der Waals surface area contributed by atoms with Gasteiger partial charge in [0.1, 0.15) is 0 Å². The normalized spacial score (nSPS) is 10.6. The van der Waals surface area contributed by atoms with Crippen molar-refractivity contribution in [3.05, 3.63) is 52.0 Å². The largest absolute Gasteiger partial charge is 0.311 e. The molecule has 2 rings (SSSR count). The first-order valence-corrected chi connectivity index (χ1v) is 6.42. The van der Waals surface area contributed by atoms with Gasteiger partial charge in [-0.05, 0) is 25.5 Å². The van der Waals surface area contributed by atoms with E-state index in [-0.39, 0.29) is 0 Å². The number of hydrogen-bond donors (Lipinski definition) is 1. The molecule has 1 N–H and O–H groups in total. The van der Waals surface area contributed by atoms with Crippen LogP contribution in [0.5, 0.6) is 0 Å². The predicted octanol–water partition coefficient (Wildman–Crippen LogP) is 2.78. The van der Waals surface area contributed by atoms with Crippen molar-refractivity contribution < 1.29 is 0 Å². The second-order valence-corrected chi connectivity index (χ2v) is 4.61. The molecule has 3 heteroatoms. The summed E-state index contributed by atoms with van der Waals surface area (Å²) in [5, 5.41) is 5.48. The van der Waals surface area contributed by atoms with Gasteiger partial charge in [0.05, 0.1) is 11.2 Å². The number of aromatic nitrogens is 1. The Morgan fingerprint density at radius 2 is 2.31 bits per heavy atom. The first-order chi connectivity index (χ1) is 7.84. The lowest BCUT2D eigenvalue weighted by Gasteiger charge is -2.04. The smallest absolute Gasteiger partial charge is 0.0795 e. The van der Waals surface area contributed by atoms with E-state index in [4.69, 9.17) is 0 Å². The van der Waals surface area contributed by atoms with Crippen molar-refractivity contribution in [2.24, 2.45) is 0 Å². The first-order valence-electron chi connectivity index (χ1n) is 5.48. The Balaban J connectivity index is 1.72. The summed E-state index contributed by atoms with van der Waals surface area (Å²) >= 11 is 1.64. The van der Waals surface area contributed by atoms with Gasteiger partial charge in [0.15, 0.2) is 0 Å². The fraction of sp³-hybridized carbons (Fsp3) is 0.308. The highest BCUT2D eigenvalue weighted by atomic mass is 32.1. The van der Waals surface area contributed by atoms with Crippen LogP contribution < -0.4 is 5.32 Å². The third-order valence-electron chi connectivity index (χ3n) is 2.46. The lowest BCUT2D eigenvalue weighted by atomic mass is 10.1. The predicted molar refractivity (Wildman–Crippen MR) is 68.7 cm³/mol. The number of nitrogens with zero attached hydrogens (tertiary/aromatic N) is 1. The molecule has 1 heterocycles. The van der Waals surface area contributed by atoms with Crippen molar-refractivity contribution in [2.45, 2.75) is 19.9 Å². The Labute approximate surface area is 100 Å². The van der Waals surface area contributed by atoms with E-state index in [1.54, 1.807) is 11.3 Å². The van der Waals surface area contributed by atoms with Gasteiger partial charge < -0.3 is 5.32 Å². The standard InChI is InChI=1S/C13H16N2S/c1-11-3-2-4-12(7-11)5-6-14-8-13-9-16-10-15-13/h2-4,7,9-10,14H,5-6,8H2,1H3. The van der Waals surface area contributed by atoms with Crippen LogP contribution in [0.4, 0.5) is 0 Å². The van der Waals surface area contributed by atoms with Gasteiger partial charge in [0.2, 0.25) is 0 Å². The monoisotopic (exact) mass is 232 g/mol. The third kappa shape index (κ3) is 3.43. The van der Waals surface area contributed by atoms with E-state index in [0.717, 1.165) is 25.2 Å². The summed E-state index contributed by atoms with van der Waals surface area (Å²) in [6.45, 7) is 4.00. The van der Waals surface area contributed by atoms with E-state index in [1.165, 1.54) is 11.1 Å². The van der Waals surface area contributed by atoms with E-state index in [0.29, 0.717) is 0 Å². The molecule has 0 aliphatic heterocycles. The van der Waals surface area contributed by atoms with Crippen LogP contribution in [0.25, 0.3) is 0 Å². The van der Waals surface area contributed by atoms with Gasteiger partial charge in [-0.3, -0.25) is 0 Å². The van der Waals surface area contributed by atoms with Crippen molar-refractivity contribution in [2.75, 3.05) is 6.54 Å². The molecular weight excluding hydrogens is 216 g/mol. The van der Waals surface area contributed by atoms with Crippen molar-refractivity contribution in [3.63, 3.8) is 0 Å². The van der Waals surface area contributed by atoms with Crippen LogP contribution in [0, 0.1) is 6.92 Å². The zero-order valence-electron chi connectivity index (χ0n) is 9.44. The first kappa shape index (κ1) is 11.3. The zero-order valence-corrected chi connectivity index (χ0v) is 10.3. The maximum absolute atomic E-state index is 4.23. The number of aryl methyl sites for hydroxylation is 1. The van der Waals surface area contributed by atoms with Crippen LogP contribution in [0.1, 0.15) is 16.8 Å². The second-order valence-electron chi connectivity index (χ2n) is 3.90. The van der Waals surface area contributed by atoms with Gasteiger partial charge in [-0.2, -0.15) is 0 Å². The molecule has 0 saturated heterocycles. The summed E-state index contributed by atoms with van der Waals surface area (Å²) in [6.07, 6.45) is 1.08. The zero-order chi connectivity index (χ0) is 11.2. The van der Waals surface area contributed by atoms with Gasteiger partial charge in [0.25, 0.3) is 0 Å². The van der Waals surface area contributed by atoms with E-state index in [9.17, 15) is 0 Å². The minimum Gasteiger partial charge on any atom is -0.311 e. The Hall–Kier alpha value is -1.19. The summed E-state index contributed by atoms with van der Waals surface area (Å²) in [4.78, 5) is 4.23. The molecule has 0 aliphatic carbocycles. The summed E-state index contributed by atoms with van der Waals surface area (Å²) in [7, 11) is 0. The molecule has 0 aliphatic rings. The van der Waals surface area contributed by atoms with Crippen LogP contribution in [-0.2, 0) is 13.0 Å². The molecule has 0 amide bonds. The lowest BCUT2D eigenvalue weighted by molar-refractivity contribution is 0.677. The second kappa shape index (κ2) is 5.77. The number of nitrogens with one attached hydrogen (secondary N) is 1. The van der Waals surface area contributed by atoms with Crippen LogP contribution >= 0.6 is 11.3 Å². The number of hydrogen-bond acceptors (Lipinski definition) is 3. The molecule has 0 atom stereocenters. The average Bonchev–Trinajstić information content (AvgIpc) is 2.77. The summed E-state index contributed by atoms with van der Waals surface area (Å²) in [5.41, 5.74) is 5.73. The molecular formula is C13H16N2S. The quantitative estimate of drug-likeness (QED) is 0.802. The minimum absolute atomic E-state index is 0.870. The summed E-state index contributed by atoms with van der Waals surface area (Å²) < 4.78 is 0. The van der Waals surface area contributed by atoms with Gasteiger partial charge in [-0.15, -0.1) is 11.3 Å². The molecule has 0 bridgehead atoms. The topological polar surface area (TPSA) is 24.9 Å². The summed E-state index contributed by atoms with van der Waals surface area (Å²) in [5.74, 6) is 0. The van der Waals surface area contributed by atoms with Gasteiger partial charge in [0, 0.05) is 11.9 Å². The molecule has 0 unspecified atom stereocenters. The number of benzene rings is 1. The molecule has 0 fully saturated rings. The van der Waals surface area contributed by atoms with E-state index in [2.05, 4.69) is 46.9 Å². The van der Waals surface area contributed by atoms with Gasteiger partial charge >= 0.3 is 0 Å². The Morgan fingerprint density at radius 3 is 3.06 bits per heavy atom. The Kier molecular flexibility index (Phi) is 4.08. The van der Waals surface area contributed by atoms with Gasteiger partial charge in [-0.25, -0.2) is 4.98 Å². The van der Waals surface area contributed by atoms with Crippen molar-refractivity contribution in [3.8, 4) is 0 Å². The van der Waals surface area contributed by atoms with Gasteiger partial charge in [-0.1, -0.05) is 29.8 Å². The number of rotatable bonds is 5. The van der Waals surface area contributed by atoms with Crippen LogP contribution in [0.15, 0.2) is 35.2 Å². The van der Waals surface area contributed by atoms with Crippen LogP contribution in [0.3, 0.4) is 0 Å². The van der Waals surface area contributed by atoms with E-state index < -0.39 is 0 Å². The Bertz CT molecular complexity index is 423. The van der Waals surface area contributed by atoms with Crippen LogP contribution in [-0.4, -0.2) is 11.5 Å². The molecule has 0 spiro atoms. The van der Waals surface area contributed by atoms with E-state index >= 15 is 0 Å². The van der Waals surface area contributed by atoms with Crippen molar-refractivity contribution >= 4 is 11.3 Å². The maximum Gasteiger partial charge on any atom is 0.0795 e. The molecule has 2 nitrogen and oxygen atoms in total. The molecule has 2 aromatic rings. The molecule has 1 aromatic carbocycles. The highest BCUT2D eigenvalue weighted by Crippen LogP contribution is 2.04. The molecule has 84 valence electrons. The van der Waals surface area contributed by atoms with Crippen molar-refractivity contribution in [1.29, 1.82) is 0 Å². The molecule has 1 aromatic heterocycles. The summed E-state index contributed by atoms with van der Waals surface area (Å²) in [6, 6.07) is 8.67. The average molecular weight is 232 g/mol. The molecule has 0 radical (unpaired) electrons.